The van der Waals surface area contributed by atoms with E-state index in [1.807, 2.05) is 18.7 Å². The van der Waals surface area contributed by atoms with Crippen LogP contribution in [-0.2, 0) is 9.53 Å². The number of hydrogen-bond acceptors (Lipinski definition) is 3. The maximum atomic E-state index is 13.3. The van der Waals surface area contributed by atoms with Gasteiger partial charge in [0.15, 0.2) is 0 Å². The summed E-state index contributed by atoms with van der Waals surface area (Å²) in [6.45, 7) is 4.55. The molecule has 2 heterocycles. The lowest BCUT2D eigenvalue weighted by molar-refractivity contribution is -0.135. The first-order valence-electron chi connectivity index (χ1n) is 10.6. The van der Waals surface area contributed by atoms with Crippen molar-refractivity contribution in [3.8, 4) is 0 Å². The minimum absolute atomic E-state index is 0.0126. The SMILES string of the molecule is COC(=O)N[C@H](C(=O)N1CCC[C@H]1c1cc2cc(C3=CC=CC3)ccc2[nH]1)C(C)C. The highest BCUT2D eigenvalue weighted by Crippen LogP contribution is 2.35. The molecule has 158 valence electrons. The average molecular weight is 408 g/mol. The number of carbonyl (C=O) groups excluding carboxylic acids is 2. The van der Waals surface area contributed by atoms with Gasteiger partial charge in [0, 0.05) is 23.1 Å². The molecule has 2 aromatic rings. The summed E-state index contributed by atoms with van der Waals surface area (Å²) in [6, 6.07) is 8.02. The number of likely N-dealkylation sites (tertiary alicyclic amines) is 1. The number of nitrogens with one attached hydrogen (secondary N) is 2. The topological polar surface area (TPSA) is 74.4 Å². The number of allylic oxidation sites excluding steroid dienone is 4. The van der Waals surface area contributed by atoms with Crippen molar-refractivity contribution < 1.29 is 14.3 Å². The fourth-order valence-corrected chi connectivity index (χ4v) is 4.43. The van der Waals surface area contributed by atoms with Crippen molar-refractivity contribution in [1.29, 1.82) is 0 Å². The molecule has 0 unspecified atom stereocenters. The van der Waals surface area contributed by atoms with Crippen LogP contribution in [0.4, 0.5) is 4.79 Å². The van der Waals surface area contributed by atoms with Crippen molar-refractivity contribution >= 4 is 28.5 Å². The Labute approximate surface area is 177 Å². The number of aromatic nitrogens is 1. The van der Waals surface area contributed by atoms with Crippen LogP contribution in [0.3, 0.4) is 0 Å². The summed E-state index contributed by atoms with van der Waals surface area (Å²) in [5.74, 6) is -0.0872. The highest BCUT2D eigenvalue weighted by Gasteiger charge is 2.36. The predicted molar refractivity (Wildman–Crippen MR) is 118 cm³/mol. The summed E-state index contributed by atoms with van der Waals surface area (Å²) >= 11 is 0. The van der Waals surface area contributed by atoms with Crippen LogP contribution in [0.25, 0.3) is 16.5 Å². The first-order valence-corrected chi connectivity index (χ1v) is 10.6. The van der Waals surface area contributed by atoms with E-state index in [-0.39, 0.29) is 17.9 Å². The predicted octanol–water partition coefficient (Wildman–Crippen LogP) is 4.56. The van der Waals surface area contributed by atoms with Crippen LogP contribution in [-0.4, -0.2) is 41.6 Å². The smallest absolute Gasteiger partial charge is 0.407 e. The molecular weight excluding hydrogens is 378 g/mol. The zero-order valence-corrected chi connectivity index (χ0v) is 17.8. The molecule has 2 aliphatic rings. The second kappa shape index (κ2) is 8.38. The second-order valence-corrected chi connectivity index (χ2v) is 8.40. The fourth-order valence-electron chi connectivity index (χ4n) is 4.43. The van der Waals surface area contributed by atoms with Crippen LogP contribution in [0.2, 0.25) is 0 Å². The Morgan fingerprint density at radius 3 is 2.80 bits per heavy atom. The molecule has 1 aliphatic heterocycles. The van der Waals surface area contributed by atoms with Crippen molar-refractivity contribution in [2.75, 3.05) is 13.7 Å². The summed E-state index contributed by atoms with van der Waals surface area (Å²) in [5.41, 5.74) is 4.69. The minimum Gasteiger partial charge on any atom is -0.453 e. The number of H-pyrrole nitrogens is 1. The Kier molecular flexibility index (Phi) is 5.66. The number of hydrogen-bond donors (Lipinski definition) is 2. The van der Waals surface area contributed by atoms with E-state index in [0.29, 0.717) is 6.54 Å². The number of amides is 2. The van der Waals surface area contributed by atoms with Gasteiger partial charge in [0.05, 0.1) is 13.2 Å². The maximum Gasteiger partial charge on any atom is 0.407 e. The Balaban J connectivity index is 1.58. The Morgan fingerprint density at radius 2 is 2.10 bits per heavy atom. The lowest BCUT2D eigenvalue weighted by Gasteiger charge is -2.30. The monoisotopic (exact) mass is 407 g/mol. The van der Waals surface area contributed by atoms with Gasteiger partial charge >= 0.3 is 6.09 Å². The minimum atomic E-state index is -0.601. The third kappa shape index (κ3) is 3.86. The van der Waals surface area contributed by atoms with Gasteiger partial charge in [0.1, 0.15) is 6.04 Å². The number of nitrogens with zero attached hydrogens (tertiary/aromatic N) is 1. The maximum absolute atomic E-state index is 13.3. The summed E-state index contributed by atoms with van der Waals surface area (Å²) in [4.78, 5) is 30.4. The molecule has 1 saturated heterocycles. The molecule has 6 heteroatoms. The summed E-state index contributed by atoms with van der Waals surface area (Å²) in [7, 11) is 1.31. The van der Waals surface area contributed by atoms with Gasteiger partial charge in [-0.2, -0.15) is 0 Å². The molecule has 1 aliphatic carbocycles. The van der Waals surface area contributed by atoms with Gasteiger partial charge in [0.25, 0.3) is 0 Å². The van der Waals surface area contributed by atoms with Gasteiger partial charge < -0.3 is 19.9 Å². The Morgan fingerprint density at radius 1 is 1.27 bits per heavy atom. The van der Waals surface area contributed by atoms with Gasteiger partial charge in [-0.1, -0.05) is 38.1 Å². The molecule has 2 amide bonds. The van der Waals surface area contributed by atoms with E-state index in [9.17, 15) is 9.59 Å². The number of rotatable bonds is 5. The van der Waals surface area contributed by atoms with E-state index >= 15 is 0 Å². The number of methoxy groups -OCH3 is 1. The van der Waals surface area contributed by atoms with E-state index < -0.39 is 12.1 Å². The number of aromatic amines is 1. The van der Waals surface area contributed by atoms with Crippen molar-refractivity contribution in [2.45, 2.75) is 45.2 Å². The van der Waals surface area contributed by atoms with Crippen molar-refractivity contribution in [3.63, 3.8) is 0 Å². The molecule has 1 aromatic carbocycles. The lowest BCUT2D eigenvalue weighted by atomic mass is 10.0. The molecule has 2 atom stereocenters. The molecular formula is C24H29N3O3. The molecule has 1 aromatic heterocycles. The zero-order valence-electron chi connectivity index (χ0n) is 17.8. The molecule has 6 nitrogen and oxygen atoms in total. The highest BCUT2D eigenvalue weighted by atomic mass is 16.5. The van der Waals surface area contributed by atoms with E-state index in [2.05, 4.69) is 52.8 Å². The highest BCUT2D eigenvalue weighted by molar-refractivity contribution is 5.88. The summed E-state index contributed by atoms with van der Waals surface area (Å²) in [5, 5.41) is 3.86. The standard InChI is InChI=1S/C24H29N3O3/c1-15(2)22(26-24(29)30-3)23(28)27-12-6-9-21(27)20-14-18-13-17(10-11-19(18)25-20)16-7-4-5-8-16/h4-5,7,10-11,13-15,21-22,25H,6,8-9,12H2,1-3H3,(H,26,29)/t21-,22-/m0/s1. The third-order valence-corrected chi connectivity index (χ3v) is 6.07. The zero-order chi connectivity index (χ0) is 21.3. The van der Waals surface area contributed by atoms with Crippen molar-refractivity contribution in [3.05, 3.63) is 53.8 Å². The van der Waals surface area contributed by atoms with Crippen LogP contribution in [0.15, 0.2) is 42.5 Å². The van der Waals surface area contributed by atoms with Crippen LogP contribution >= 0.6 is 0 Å². The van der Waals surface area contributed by atoms with Gasteiger partial charge in [-0.25, -0.2) is 4.79 Å². The van der Waals surface area contributed by atoms with E-state index in [4.69, 9.17) is 4.74 Å². The average Bonchev–Trinajstić information content (AvgIpc) is 3.49. The lowest BCUT2D eigenvalue weighted by Crippen LogP contribution is -2.51. The van der Waals surface area contributed by atoms with E-state index in [1.165, 1.54) is 18.2 Å². The number of benzene rings is 1. The molecule has 0 bridgehead atoms. The quantitative estimate of drug-likeness (QED) is 0.763. The van der Waals surface area contributed by atoms with Crippen molar-refractivity contribution in [1.82, 2.24) is 15.2 Å². The first-order chi connectivity index (χ1) is 14.5. The van der Waals surface area contributed by atoms with Crippen molar-refractivity contribution in [2.24, 2.45) is 5.92 Å². The van der Waals surface area contributed by atoms with E-state index in [1.54, 1.807) is 0 Å². The largest absolute Gasteiger partial charge is 0.453 e. The first kappa shape index (κ1) is 20.3. The van der Waals surface area contributed by atoms with Crippen LogP contribution in [0.5, 0.6) is 0 Å². The molecule has 4 rings (SSSR count). The number of alkyl carbamates (subject to hydrolysis) is 1. The fraction of sp³-hybridized carbons (Fsp3) is 0.417. The number of fused-ring (bicyclic) bond motifs is 1. The second-order valence-electron chi connectivity index (χ2n) is 8.40. The number of ether oxygens (including phenoxy) is 1. The van der Waals surface area contributed by atoms with E-state index in [0.717, 1.165) is 35.9 Å². The van der Waals surface area contributed by atoms with Gasteiger partial charge in [-0.15, -0.1) is 0 Å². The van der Waals surface area contributed by atoms with Crippen LogP contribution < -0.4 is 5.32 Å². The Hall–Kier alpha value is -3.02. The molecule has 0 saturated carbocycles. The summed E-state index contributed by atoms with van der Waals surface area (Å²) < 4.78 is 4.71. The third-order valence-electron chi connectivity index (χ3n) is 6.07. The molecule has 0 radical (unpaired) electrons. The molecule has 0 spiro atoms. The van der Waals surface area contributed by atoms with Gasteiger partial charge in [-0.3, -0.25) is 4.79 Å². The van der Waals surface area contributed by atoms with Gasteiger partial charge in [-0.05, 0) is 54.5 Å². The summed E-state index contributed by atoms with van der Waals surface area (Å²) in [6.07, 6.45) is 8.66. The number of carbonyl (C=O) groups is 2. The molecule has 30 heavy (non-hydrogen) atoms. The van der Waals surface area contributed by atoms with Crippen LogP contribution in [0.1, 0.15) is 50.4 Å². The molecule has 1 fully saturated rings. The Bertz CT molecular complexity index is 1020. The normalized spacial score (nSPS) is 19.4. The molecule has 2 N–H and O–H groups in total. The van der Waals surface area contributed by atoms with Gasteiger partial charge in [0.2, 0.25) is 5.91 Å². The van der Waals surface area contributed by atoms with Crippen LogP contribution in [0, 0.1) is 5.92 Å².